The van der Waals surface area contributed by atoms with Gasteiger partial charge < -0.3 is 39.4 Å². The highest BCUT2D eigenvalue weighted by atomic mass is 16.7. The van der Waals surface area contributed by atoms with Gasteiger partial charge in [-0.3, -0.25) is 0 Å². The normalized spacial score (nSPS) is 22.6. The van der Waals surface area contributed by atoms with Gasteiger partial charge in [-0.2, -0.15) is 0 Å². The van der Waals surface area contributed by atoms with Gasteiger partial charge in [0.05, 0.1) is 25.4 Å². The number of ether oxygens (including phenoxy) is 4. The van der Waals surface area contributed by atoms with E-state index >= 15 is 0 Å². The average molecular weight is 599 g/mol. The first-order valence-corrected chi connectivity index (χ1v) is 14.4. The van der Waals surface area contributed by atoms with Crippen LogP contribution in [0.15, 0.2) is 121 Å². The van der Waals surface area contributed by atoms with Crippen molar-refractivity contribution in [2.24, 2.45) is 0 Å². The standard InChI is InChI=1S/C36H38O8/c1-34(2,38)30-20-18-29(19-21-30)31-22-35(39,42-24-27-14-8-4-9-15-27)36(40,43-25-28-16-10-5-11-17-28)32(44-31)33(37)41-23-26-12-6-3-7-13-26/h3-22,32-33,37-40H,23-25H2,1-2H3/t32-,33?,35+,36+/m1/s1. The highest BCUT2D eigenvalue weighted by molar-refractivity contribution is 5.63. The second kappa shape index (κ2) is 13.4. The van der Waals surface area contributed by atoms with Crippen molar-refractivity contribution in [3.63, 3.8) is 0 Å². The van der Waals surface area contributed by atoms with Crippen LogP contribution in [0.5, 0.6) is 0 Å². The summed E-state index contributed by atoms with van der Waals surface area (Å²) in [7, 11) is 0. The molecule has 4 atom stereocenters. The van der Waals surface area contributed by atoms with Gasteiger partial charge in [0.2, 0.25) is 11.9 Å². The molecule has 1 aliphatic heterocycles. The Bertz CT molecular complexity index is 1500. The molecule has 4 aromatic carbocycles. The number of aliphatic hydroxyl groups is 4. The van der Waals surface area contributed by atoms with E-state index in [1.54, 1.807) is 50.2 Å². The molecule has 0 aliphatic carbocycles. The first-order chi connectivity index (χ1) is 21.1. The minimum absolute atomic E-state index is 0.000734. The Hall–Kier alpha value is -3.86. The van der Waals surface area contributed by atoms with Crippen LogP contribution in [0.2, 0.25) is 0 Å². The summed E-state index contributed by atoms with van der Waals surface area (Å²) in [6.07, 6.45) is -2.19. The van der Waals surface area contributed by atoms with Gasteiger partial charge in [0.25, 0.3) is 5.79 Å². The predicted molar refractivity (Wildman–Crippen MR) is 164 cm³/mol. The Morgan fingerprint density at radius 1 is 0.705 bits per heavy atom. The quantitative estimate of drug-likeness (QED) is 0.168. The number of hydrogen-bond acceptors (Lipinski definition) is 8. The molecule has 8 heteroatoms. The molecular weight excluding hydrogens is 560 g/mol. The van der Waals surface area contributed by atoms with Gasteiger partial charge >= 0.3 is 0 Å². The van der Waals surface area contributed by atoms with Crippen molar-refractivity contribution in [1.29, 1.82) is 0 Å². The Balaban J connectivity index is 1.54. The molecule has 1 aliphatic rings. The van der Waals surface area contributed by atoms with Crippen molar-refractivity contribution in [1.82, 2.24) is 0 Å². The smallest absolute Gasteiger partial charge is 0.269 e. The van der Waals surface area contributed by atoms with E-state index in [4.69, 9.17) is 18.9 Å². The van der Waals surface area contributed by atoms with Crippen LogP contribution < -0.4 is 0 Å². The summed E-state index contributed by atoms with van der Waals surface area (Å²) >= 11 is 0. The second-order valence-corrected chi connectivity index (χ2v) is 11.3. The monoisotopic (exact) mass is 598 g/mol. The Morgan fingerprint density at radius 3 is 1.68 bits per heavy atom. The summed E-state index contributed by atoms with van der Waals surface area (Å²) in [6, 6.07) is 34.4. The van der Waals surface area contributed by atoms with Gasteiger partial charge in [-0.25, -0.2) is 0 Å². The maximum Gasteiger partial charge on any atom is 0.269 e. The van der Waals surface area contributed by atoms with Crippen LogP contribution in [0.4, 0.5) is 0 Å². The van der Waals surface area contributed by atoms with E-state index in [0.717, 1.165) is 11.1 Å². The van der Waals surface area contributed by atoms with Crippen molar-refractivity contribution in [2.75, 3.05) is 0 Å². The summed E-state index contributed by atoms with van der Waals surface area (Å²) < 4.78 is 24.1. The topological polar surface area (TPSA) is 118 Å². The minimum atomic E-state index is -2.63. The molecule has 44 heavy (non-hydrogen) atoms. The molecule has 8 nitrogen and oxygen atoms in total. The van der Waals surface area contributed by atoms with Crippen LogP contribution in [-0.2, 0) is 44.4 Å². The fourth-order valence-corrected chi connectivity index (χ4v) is 4.89. The van der Waals surface area contributed by atoms with Crippen molar-refractivity contribution in [3.05, 3.63) is 149 Å². The lowest BCUT2D eigenvalue weighted by molar-refractivity contribution is -0.420. The van der Waals surface area contributed by atoms with Gasteiger partial charge in [0.15, 0.2) is 6.29 Å². The van der Waals surface area contributed by atoms with Crippen molar-refractivity contribution in [2.45, 2.75) is 63.2 Å². The van der Waals surface area contributed by atoms with Crippen LogP contribution in [-0.4, -0.2) is 44.4 Å². The van der Waals surface area contributed by atoms with Gasteiger partial charge in [0, 0.05) is 11.6 Å². The van der Waals surface area contributed by atoms with Crippen LogP contribution in [0, 0.1) is 0 Å². The van der Waals surface area contributed by atoms with E-state index in [1.165, 1.54) is 6.08 Å². The lowest BCUT2D eigenvalue weighted by atomic mass is 9.91. The summed E-state index contributed by atoms with van der Waals surface area (Å²) in [4.78, 5) is 0. The number of hydrogen-bond donors (Lipinski definition) is 4. The molecule has 0 saturated carbocycles. The first-order valence-electron chi connectivity index (χ1n) is 14.4. The van der Waals surface area contributed by atoms with Crippen molar-refractivity contribution in [3.8, 4) is 0 Å². The molecule has 4 N–H and O–H groups in total. The van der Waals surface area contributed by atoms with Gasteiger partial charge in [-0.05, 0) is 36.1 Å². The van der Waals surface area contributed by atoms with E-state index < -0.39 is 29.6 Å². The zero-order chi connectivity index (χ0) is 31.2. The minimum Gasteiger partial charge on any atom is -0.479 e. The molecule has 0 spiro atoms. The number of rotatable bonds is 12. The molecule has 1 unspecified atom stereocenters. The first kappa shape index (κ1) is 31.6. The second-order valence-electron chi connectivity index (χ2n) is 11.3. The number of benzene rings is 4. The summed E-state index contributed by atoms with van der Waals surface area (Å²) in [5.41, 5.74) is 2.32. The molecule has 0 aromatic heterocycles. The molecule has 0 fully saturated rings. The molecule has 1 heterocycles. The number of aliphatic hydroxyl groups excluding tert-OH is 1. The predicted octanol–water partition coefficient (Wildman–Crippen LogP) is 5.00. The molecule has 5 rings (SSSR count). The summed E-state index contributed by atoms with van der Waals surface area (Å²) in [5.74, 6) is -5.03. The van der Waals surface area contributed by atoms with Crippen LogP contribution in [0.3, 0.4) is 0 Å². The summed E-state index contributed by atoms with van der Waals surface area (Å²) in [5, 5.41) is 46.2. The van der Waals surface area contributed by atoms with E-state index in [9.17, 15) is 20.4 Å². The summed E-state index contributed by atoms with van der Waals surface area (Å²) in [6.45, 7) is 3.12. The molecule has 0 radical (unpaired) electrons. The van der Waals surface area contributed by atoms with E-state index in [0.29, 0.717) is 16.7 Å². The Labute approximate surface area is 257 Å². The molecule has 0 saturated heterocycles. The van der Waals surface area contributed by atoms with Crippen LogP contribution in [0.25, 0.3) is 5.76 Å². The third-order valence-corrected chi connectivity index (χ3v) is 7.48. The Morgan fingerprint density at radius 2 is 1.18 bits per heavy atom. The van der Waals surface area contributed by atoms with Gasteiger partial charge in [-0.15, -0.1) is 0 Å². The largest absolute Gasteiger partial charge is 0.479 e. The highest BCUT2D eigenvalue weighted by Crippen LogP contribution is 2.43. The molecular formula is C36H38O8. The highest BCUT2D eigenvalue weighted by Gasteiger charge is 2.63. The van der Waals surface area contributed by atoms with Crippen molar-refractivity contribution < 1.29 is 39.4 Å². The molecule has 0 bridgehead atoms. The van der Waals surface area contributed by atoms with E-state index in [2.05, 4.69) is 0 Å². The van der Waals surface area contributed by atoms with Crippen LogP contribution >= 0.6 is 0 Å². The third kappa shape index (κ3) is 7.26. The zero-order valence-electron chi connectivity index (χ0n) is 24.7. The maximum atomic E-state index is 12.2. The molecule has 4 aromatic rings. The van der Waals surface area contributed by atoms with E-state index in [-0.39, 0.29) is 25.6 Å². The van der Waals surface area contributed by atoms with E-state index in [1.807, 2.05) is 78.9 Å². The molecule has 0 amide bonds. The van der Waals surface area contributed by atoms with Gasteiger partial charge in [0.1, 0.15) is 5.76 Å². The average Bonchev–Trinajstić information content (AvgIpc) is 3.04. The Kier molecular flexibility index (Phi) is 9.62. The SMILES string of the molecule is CC(C)(O)c1ccc(C2=C[C@](O)(OCc3ccccc3)[C@@](O)(OCc3ccccc3)[C@@H](C(O)OCc3ccccc3)O2)cc1. The molecule has 230 valence electrons. The fourth-order valence-electron chi connectivity index (χ4n) is 4.89. The lowest BCUT2D eigenvalue weighted by Crippen LogP contribution is -2.68. The van der Waals surface area contributed by atoms with Crippen molar-refractivity contribution >= 4 is 5.76 Å². The maximum absolute atomic E-state index is 12.2. The third-order valence-electron chi connectivity index (χ3n) is 7.48. The fraction of sp³-hybridized carbons (Fsp3) is 0.278. The lowest BCUT2D eigenvalue weighted by Gasteiger charge is -2.48. The van der Waals surface area contributed by atoms with Gasteiger partial charge in [-0.1, -0.05) is 115 Å². The zero-order valence-corrected chi connectivity index (χ0v) is 24.7. The van der Waals surface area contributed by atoms with Crippen LogP contribution in [0.1, 0.15) is 41.7 Å².